The Morgan fingerprint density at radius 2 is 1.76 bits per heavy atom. The topological polar surface area (TPSA) is 139 Å². The van der Waals surface area contributed by atoms with Crippen LogP contribution in [0.5, 0.6) is 0 Å². The molecule has 6 N–H and O–H groups in total. The standard InChI is InChI=1S/C19H23FN4O4S.2C2H6/c1-11-3-5-13(15(20)9-11)12-4-6-14(16(21)10-12)19(26)24(22)8-7-17(29(2)28)18(25)23-27;2*1-2/h3-6,9-10,17,27H,7-8,21-22H2,1-2H3,(H,23,25);2*1-2H3. The maximum Gasteiger partial charge on any atom is 0.269 e. The van der Waals surface area contributed by atoms with Crippen molar-refractivity contribution in [2.45, 2.75) is 46.3 Å². The largest absolute Gasteiger partial charge is 0.398 e. The average Bonchev–Trinajstić information content (AvgIpc) is 2.80. The van der Waals surface area contributed by atoms with Gasteiger partial charge in [-0.15, -0.1) is 0 Å². The van der Waals surface area contributed by atoms with Crippen molar-refractivity contribution in [1.82, 2.24) is 10.5 Å². The van der Waals surface area contributed by atoms with Crippen LogP contribution in [0.25, 0.3) is 11.1 Å². The zero-order chi connectivity index (χ0) is 25.7. The van der Waals surface area contributed by atoms with Crippen molar-refractivity contribution in [1.29, 1.82) is 0 Å². The maximum atomic E-state index is 14.2. The number of hydrogen-bond donors (Lipinski definition) is 4. The number of aryl methyl sites for hydroxylation is 1. The summed E-state index contributed by atoms with van der Waals surface area (Å²) >= 11 is 0. The number of nitrogens with zero attached hydrogens (tertiary/aromatic N) is 1. The van der Waals surface area contributed by atoms with E-state index in [4.69, 9.17) is 16.8 Å². The molecule has 0 aromatic heterocycles. The summed E-state index contributed by atoms with van der Waals surface area (Å²) in [7, 11) is -1.57. The van der Waals surface area contributed by atoms with E-state index in [0.717, 1.165) is 10.6 Å². The quantitative estimate of drug-likeness (QED) is 0.157. The van der Waals surface area contributed by atoms with Gasteiger partial charge in [0.2, 0.25) is 0 Å². The number of hydrazine groups is 1. The van der Waals surface area contributed by atoms with Crippen LogP contribution in [0.3, 0.4) is 0 Å². The lowest BCUT2D eigenvalue weighted by Crippen LogP contribution is -2.43. The molecular formula is C23H35FN4O4S. The maximum absolute atomic E-state index is 14.2. The fourth-order valence-corrected chi connectivity index (χ4v) is 3.60. The van der Waals surface area contributed by atoms with Gasteiger partial charge < -0.3 is 5.73 Å². The highest BCUT2D eigenvalue weighted by Crippen LogP contribution is 2.27. The number of carbonyl (C=O) groups is 2. The molecule has 2 amide bonds. The van der Waals surface area contributed by atoms with Crippen LogP contribution in [0.4, 0.5) is 10.1 Å². The van der Waals surface area contributed by atoms with Gasteiger partial charge in [-0.1, -0.05) is 45.9 Å². The predicted octanol–water partition coefficient (Wildman–Crippen LogP) is 3.39. The number of amides is 2. The first-order valence-electron chi connectivity index (χ1n) is 10.6. The molecule has 10 heteroatoms. The van der Waals surface area contributed by atoms with Gasteiger partial charge in [0.1, 0.15) is 11.1 Å². The monoisotopic (exact) mass is 482 g/mol. The van der Waals surface area contributed by atoms with Gasteiger partial charge in [-0.2, -0.15) is 0 Å². The summed E-state index contributed by atoms with van der Waals surface area (Å²) in [5, 5.41) is 8.53. The van der Waals surface area contributed by atoms with Gasteiger partial charge in [-0.25, -0.2) is 15.7 Å². The number of rotatable bonds is 7. The van der Waals surface area contributed by atoms with Crippen molar-refractivity contribution in [2.75, 3.05) is 18.5 Å². The molecule has 0 radical (unpaired) electrons. The normalized spacial score (nSPS) is 11.7. The molecule has 2 aromatic rings. The minimum atomic E-state index is -1.57. The van der Waals surface area contributed by atoms with Crippen molar-refractivity contribution >= 4 is 28.3 Å². The first kappa shape index (κ1) is 30.2. The van der Waals surface area contributed by atoms with E-state index in [0.29, 0.717) is 11.1 Å². The van der Waals surface area contributed by atoms with Crippen LogP contribution in [-0.2, 0) is 15.6 Å². The molecule has 0 aliphatic rings. The third kappa shape index (κ3) is 8.56. The number of hydroxylamine groups is 1. The summed E-state index contributed by atoms with van der Waals surface area (Å²) in [6.45, 7) is 9.69. The van der Waals surface area contributed by atoms with Crippen molar-refractivity contribution in [2.24, 2.45) is 5.84 Å². The Balaban J connectivity index is 0.00000242. The van der Waals surface area contributed by atoms with Crippen LogP contribution < -0.4 is 17.1 Å². The molecule has 2 atom stereocenters. The third-order valence-corrected chi connectivity index (χ3v) is 5.67. The van der Waals surface area contributed by atoms with E-state index < -0.39 is 33.7 Å². The highest BCUT2D eigenvalue weighted by atomic mass is 32.2. The average molecular weight is 483 g/mol. The van der Waals surface area contributed by atoms with E-state index in [1.807, 2.05) is 27.7 Å². The van der Waals surface area contributed by atoms with Crippen LogP contribution in [-0.4, -0.2) is 44.3 Å². The molecule has 0 bridgehead atoms. The SMILES string of the molecule is CC.CC.Cc1ccc(-c2ccc(C(=O)N(N)CCC(C(=O)NO)S(C)=O)c(N)c2)c(F)c1. The molecule has 0 fully saturated rings. The van der Waals surface area contributed by atoms with Crippen LogP contribution in [0.2, 0.25) is 0 Å². The Labute approximate surface area is 197 Å². The number of carbonyl (C=O) groups excluding carboxylic acids is 2. The molecule has 2 unspecified atom stereocenters. The second-order valence-corrected chi connectivity index (χ2v) is 8.10. The summed E-state index contributed by atoms with van der Waals surface area (Å²) < 4.78 is 25.8. The van der Waals surface area contributed by atoms with Gasteiger partial charge in [0, 0.05) is 34.9 Å². The van der Waals surface area contributed by atoms with Crippen LogP contribution in [0.1, 0.15) is 50.0 Å². The lowest BCUT2D eigenvalue weighted by Gasteiger charge is -2.20. The molecule has 33 heavy (non-hydrogen) atoms. The molecule has 8 nitrogen and oxygen atoms in total. The van der Waals surface area contributed by atoms with E-state index in [2.05, 4.69) is 0 Å². The van der Waals surface area contributed by atoms with Gasteiger partial charge in [0.25, 0.3) is 11.8 Å². The van der Waals surface area contributed by atoms with E-state index in [-0.39, 0.29) is 24.2 Å². The number of nitrogens with two attached hydrogens (primary N) is 2. The fourth-order valence-electron chi connectivity index (χ4n) is 2.81. The Kier molecular flexibility index (Phi) is 13.8. The Morgan fingerprint density at radius 1 is 1.15 bits per heavy atom. The molecular weight excluding hydrogens is 447 g/mol. The smallest absolute Gasteiger partial charge is 0.269 e. The Morgan fingerprint density at radius 3 is 2.24 bits per heavy atom. The van der Waals surface area contributed by atoms with E-state index >= 15 is 0 Å². The number of hydrogen-bond acceptors (Lipinski definition) is 6. The number of nitrogen functional groups attached to an aromatic ring is 1. The molecule has 0 aliphatic heterocycles. The summed E-state index contributed by atoms with van der Waals surface area (Å²) in [6, 6.07) is 9.30. The number of anilines is 1. The number of benzene rings is 2. The van der Waals surface area contributed by atoms with Gasteiger partial charge >= 0.3 is 0 Å². The first-order chi connectivity index (χ1) is 15.6. The number of halogens is 1. The first-order valence-corrected chi connectivity index (χ1v) is 12.3. The van der Waals surface area contributed by atoms with E-state index in [9.17, 15) is 18.2 Å². The van der Waals surface area contributed by atoms with Crippen molar-refractivity contribution in [3.8, 4) is 11.1 Å². The zero-order valence-corrected chi connectivity index (χ0v) is 20.8. The van der Waals surface area contributed by atoms with Crippen LogP contribution >= 0.6 is 0 Å². The van der Waals surface area contributed by atoms with Crippen molar-refractivity contribution in [3.63, 3.8) is 0 Å². The van der Waals surface area contributed by atoms with Crippen molar-refractivity contribution in [3.05, 3.63) is 53.3 Å². The third-order valence-electron chi connectivity index (χ3n) is 4.41. The molecule has 2 rings (SSSR count). The number of nitrogens with one attached hydrogen (secondary N) is 1. The van der Waals surface area contributed by atoms with E-state index in [1.54, 1.807) is 25.1 Å². The summed E-state index contributed by atoms with van der Waals surface area (Å²) in [5.41, 5.74) is 9.31. The van der Waals surface area contributed by atoms with Gasteiger partial charge in [-0.3, -0.25) is 24.0 Å². The zero-order valence-electron chi connectivity index (χ0n) is 20.0. The van der Waals surface area contributed by atoms with Crippen LogP contribution in [0, 0.1) is 12.7 Å². The second kappa shape index (κ2) is 15.1. The van der Waals surface area contributed by atoms with Gasteiger partial charge in [0.05, 0.1) is 5.56 Å². The molecule has 0 heterocycles. The molecule has 0 saturated carbocycles. The molecule has 0 aliphatic carbocycles. The van der Waals surface area contributed by atoms with Gasteiger partial charge in [0.15, 0.2) is 0 Å². The lowest BCUT2D eigenvalue weighted by molar-refractivity contribution is -0.128. The van der Waals surface area contributed by atoms with E-state index in [1.165, 1.54) is 29.9 Å². The van der Waals surface area contributed by atoms with Gasteiger partial charge in [-0.05, 0) is 42.7 Å². The fraction of sp³-hybridized carbons (Fsp3) is 0.391. The predicted molar refractivity (Wildman–Crippen MR) is 131 cm³/mol. The summed E-state index contributed by atoms with van der Waals surface area (Å²) in [6.07, 6.45) is 1.29. The minimum Gasteiger partial charge on any atom is -0.398 e. The lowest BCUT2D eigenvalue weighted by atomic mass is 10.0. The highest BCUT2D eigenvalue weighted by molar-refractivity contribution is 7.85. The van der Waals surface area contributed by atoms with Crippen molar-refractivity contribution < 1.29 is 23.4 Å². The molecule has 2 aromatic carbocycles. The summed E-state index contributed by atoms with van der Waals surface area (Å²) in [4.78, 5) is 24.1. The van der Waals surface area contributed by atoms with Crippen LogP contribution in [0.15, 0.2) is 36.4 Å². The Hall–Kier alpha value is -2.82. The Bertz CT molecular complexity index is 956. The minimum absolute atomic E-state index is 0.0235. The molecule has 184 valence electrons. The molecule has 0 spiro atoms. The summed E-state index contributed by atoms with van der Waals surface area (Å²) in [5.74, 6) is 3.94. The molecule has 0 saturated heterocycles. The second-order valence-electron chi connectivity index (χ2n) is 6.54. The highest BCUT2D eigenvalue weighted by Gasteiger charge is 2.24.